The van der Waals surface area contributed by atoms with E-state index < -0.39 is 16.1 Å². The average molecular weight is 532 g/mol. The summed E-state index contributed by atoms with van der Waals surface area (Å²) in [4.78, 5) is 37.1. The molecule has 4 aromatic rings. The Balaban J connectivity index is 1.52. The van der Waals surface area contributed by atoms with Crippen molar-refractivity contribution in [2.45, 2.75) is 17.1 Å². The van der Waals surface area contributed by atoms with Gasteiger partial charge in [-0.3, -0.25) is 19.7 Å². The SMILES string of the molecule is Cc1ccc(NC(=O)C(Sc2cccc(NC(=O)c3ccc([N+](=O)[O-])cc3)c2)c2ccccc2)cc1Cl. The number of hydrogen-bond donors (Lipinski definition) is 2. The highest BCUT2D eigenvalue weighted by atomic mass is 35.5. The summed E-state index contributed by atoms with van der Waals surface area (Å²) in [5.41, 5.74) is 3.08. The van der Waals surface area contributed by atoms with Crippen molar-refractivity contribution in [1.82, 2.24) is 0 Å². The van der Waals surface area contributed by atoms with Gasteiger partial charge in [0.25, 0.3) is 11.6 Å². The lowest BCUT2D eigenvalue weighted by molar-refractivity contribution is -0.384. The minimum atomic E-state index is -0.568. The van der Waals surface area contributed by atoms with Crippen molar-refractivity contribution in [2.24, 2.45) is 0 Å². The molecule has 4 aromatic carbocycles. The van der Waals surface area contributed by atoms with Gasteiger partial charge < -0.3 is 10.6 Å². The summed E-state index contributed by atoms with van der Waals surface area (Å²) < 4.78 is 0. The van der Waals surface area contributed by atoms with E-state index in [4.69, 9.17) is 11.6 Å². The van der Waals surface area contributed by atoms with Gasteiger partial charge in [0.1, 0.15) is 5.25 Å². The van der Waals surface area contributed by atoms with Gasteiger partial charge in [-0.05, 0) is 60.5 Å². The van der Waals surface area contributed by atoms with Crippen molar-refractivity contribution in [2.75, 3.05) is 10.6 Å². The van der Waals surface area contributed by atoms with E-state index in [0.29, 0.717) is 22.0 Å². The van der Waals surface area contributed by atoms with Crippen LogP contribution >= 0.6 is 23.4 Å². The van der Waals surface area contributed by atoms with Crippen molar-refractivity contribution in [3.05, 3.63) is 129 Å². The maximum absolute atomic E-state index is 13.3. The molecule has 2 N–H and O–H groups in total. The number of hydrogen-bond acceptors (Lipinski definition) is 5. The third-order valence-corrected chi connectivity index (χ3v) is 7.12. The number of rotatable bonds is 8. The number of carbonyl (C=O) groups is 2. The molecular formula is C28H22ClN3O4S. The first-order valence-electron chi connectivity index (χ1n) is 11.2. The van der Waals surface area contributed by atoms with Crippen LogP contribution in [0.5, 0.6) is 0 Å². The van der Waals surface area contributed by atoms with Crippen molar-refractivity contribution in [3.8, 4) is 0 Å². The lowest BCUT2D eigenvalue weighted by Crippen LogP contribution is -2.19. The van der Waals surface area contributed by atoms with Crippen LogP contribution in [0.4, 0.5) is 17.1 Å². The normalized spacial score (nSPS) is 11.4. The monoisotopic (exact) mass is 531 g/mol. The fraction of sp³-hybridized carbons (Fsp3) is 0.0714. The van der Waals surface area contributed by atoms with Crippen molar-refractivity contribution < 1.29 is 14.5 Å². The molecule has 186 valence electrons. The van der Waals surface area contributed by atoms with Crippen LogP contribution in [-0.4, -0.2) is 16.7 Å². The molecule has 7 nitrogen and oxygen atoms in total. The highest BCUT2D eigenvalue weighted by Gasteiger charge is 2.23. The minimum absolute atomic E-state index is 0.0897. The van der Waals surface area contributed by atoms with E-state index in [1.54, 1.807) is 30.3 Å². The zero-order valence-electron chi connectivity index (χ0n) is 19.7. The summed E-state index contributed by atoms with van der Waals surface area (Å²) in [6, 6.07) is 27.3. The van der Waals surface area contributed by atoms with Gasteiger partial charge in [0.15, 0.2) is 0 Å². The summed E-state index contributed by atoms with van der Waals surface area (Å²) in [5.74, 6) is -0.609. The van der Waals surface area contributed by atoms with Crippen LogP contribution in [0.1, 0.15) is 26.7 Å². The van der Waals surface area contributed by atoms with E-state index >= 15 is 0 Å². The maximum atomic E-state index is 13.3. The standard InChI is InChI=1S/C28H22ClN3O4S/c1-18-10-13-22(17-25(18)29)31-28(34)26(19-6-3-2-4-7-19)37-24-9-5-8-21(16-24)30-27(33)20-11-14-23(15-12-20)32(35)36/h2-17,26H,1H3,(H,30,33)(H,31,34). The van der Waals surface area contributed by atoms with Crippen LogP contribution in [0.3, 0.4) is 0 Å². The van der Waals surface area contributed by atoms with Crippen LogP contribution < -0.4 is 10.6 Å². The summed E-state index contributed by atoms with van der Waals surface area (Å²) in [6.07, 6.45) is 0. The zero-order chi connectivity index (χ0) is 26.4. The first-order chi connectivity index (χ1) is 17.8. The summed E-state index contributed by atoms with van der Waals surface area (Å²) >= 11 is 7.57. The predicted octanol–water partition coefficient (Wildman–Crippen LogP) is 7.28. The molecule has 0 saturated heterocycles. The number of nitro groups is 1. The molecule has 1 atom stereocenters. The molecule has 4 rings (SSSR count). The van der Waals surface area contributed by atoms with E-state index in [9.17, 15) is 19.7 Å². The molecule has 0 bridgehead atoms. The van der Waals surface area contributed by atoms with E-state index in [0.717, 1.165) is 16.0 Å². The van der Waals surface area contributed by atoms with Crippen molar-refractivity contribution in [1.29, 1.82) is 0 Å². The van der Waals surface area contributed by atoms with Crippen LogP contribution in [0, 0.1) is 17.0 Å². The summed E-state index contributed by atoms with van der Waals surface area (Å²) in [7, 11) is 0. The van der Waals surface area contributed by atoms with Gasteiger partial charge in [-0.2, -0.15) is 0 Å². The van der Waals surface area contributed by atoms with Gasteiger partial charge in [0, 0.05) is 39.0 Å². The second-order valence-corrected chi connectivity index (χ2v) is 9.73. The number of nitrogens with zero attached hydrogens (tertiary/aromatic N) is 1. The Labute approximate surface area is 223 Å². The first kappa shape index (κ1) is 25.9. The Kier molecular flexibility index (Phi) is 8.22. The number of carbonyl (C=O) groups excluding carboxylic acids is 2. The molecule has 2 amide bonds. The Morgan fingerprint density at radius 1 is 0.865 bits per heavy atom. The number of anilines is 2. The van der Waals surface area contributed by atoms with Gasteiger partial charge in [0.2, 0.25) is 5.91 Å². The molecule has 0 aromatic heterocycles. The number of nitrogens with one attached hydrogen (secondary N) is 2. The lowest BCUT2D eigenvalue weighted by Gasteiger charge is -2.18. The molecule has 0 spiro atoms. The van der Waals surface area contributed by atoms with E-state index in [1.165, 1.54) is 36.0 Å². The van der Waals surface area contributed by atoms with Crippen LogP contribution in [-0.2, 0) is 4.79 Å². The molecule has 0 heterocycles. The molecule has 0 aliphatic carbocycles. The topological polar surface area (TPSA) is 101 Å². The summed E-state index contributed by atoms with van der Waals surface area (Å²) in [5, 5.41) is 16.6. The maximum Gasteiger partial charge on any atom is 0.269 e. The minimum Gasteiger partial charge on any atom is -0.325 e. The van der Waals surface area contributed by atoms with E-state index in [1.807, 2.05) is 49.4 Å². The molecule has 0 saturated carbocycles. The Bertz CT molecular complexity index is 1450. The number of thioether (sulfide) groups is 1. The molecule has 0 fully saturated rings. The number of non-ortho nitro benzene ring substituents is 1. The molecular weight excluding hydrogens is 510 g/mol. The number of halogens is 1. The Hall–Kier alpha value is -4.14. The smallest absolute Gasteiger partial charge is 0.269 e. The first-order valence-corrected chi connectivity index (χ1v) is 12.5. The van der Waals surface area contributed by atoms with Crippen LogP contribution in [0.25, 0.3) is 0 Å². The fourth-order valence-corrected chi connectivity index (χ4v) is 4.76. The Morgan fingerprint density at radius 3 is 2.24 bits per heavy atom. The molecule has 9 heteroatoms. The number of benzene rings is 4. The van der Waals surface area contributed by atoms with Gasteiger partial charge >= 0.3 is 0 Å². The van der Waals surface area contributed by atoms with Crippen molar-refractivity contribution in [3.63, 3.8) is 0 Å². The highest BCUT2D eigenvalue weighted by Crippen LogP contribution is 2.37. The third kappa shape index (κ3) is 6.75. The van der Waals surface area contributed by atoms with E-state index in [2.05, 4.69) is 10.6 Å². The highest BCUT2D eigenvalue weighted by molar-refractivity contribution is 8.00. The molecule has 0 aliphatic heterocycles. The Morgan fingerprint density at radius 2 is 1.57 bits per heavy atom. The third-order valence-electron chi connectivity index (χ3n) is 5.47. The molecule has 0 aliphatic rings. The lowest BCUT2D eigenvalue weighted by atomic mass is 10.1. The van der Waals surface area contributed by atoms with Crippen molar-refractivity contribution >= 4 is 52.2 Å². The number of nitro benzene ring substituents is 1. The summed E-state index contributed by atoms with van der Waals surface area (Å²) in [6.45, 7) is 1.89. The second-order valence-electron chi connectivity index (χ2n) is 8.15. The van der Waals surface area contributed by atoms with Gasteiger partial charge in [0.05, 0.1) is 4.92 Å². The zero-order valence-corrected chi connectivity index (χ0v) is 21.3. The number of aryl methyl sites for hydroxylation is 1. The van der Waals surface area contributed by atoms with E-state index in [-0.39, 0.29) is 11.6 Å². The van der Waals surface area contributed by atoms with Gasteiger partial charge in [-0.15, -0.1) is 11.8 Å². The molecule has 0 radical (unpaired) electrons. The van der Waals surface area contributed by atoms with Gasteiger partial charge in [-0.25, -0.2) is 0 Å². The molecule has 37 heavy (non-hydrogen) atoms. The predicted molar refractivity (Wildman–Crippen MR) is 147 cm³/mol. The fourth-order valence-electron chi connectivity index (χ4n) is 3.50. The van der Waals surface area contributed by atoms with Gasteiger partial charge in [-0.1, -0.05) is 54.1 Å². The quantitative estimate of drug-likeness (QED) is 0.141. The number of amides is 2. The average Bonchev–Trinajstić information content (AvgIpc) is 2.90. The van der Waals surface area contributed by atoms with Crippen LogP contribution in [0.2, 0.25) is 5.02 Å². The second kappa shape index (κ2) is 11.7. The molecule has 1 unspecified atom stereocenters. The van der Waals surface area contributed by atoms with Crippen LogP contribution in [0.15, 0.2) is 102 Å². The largest absolute Gasteiger partial charge is 0.325 e.